The summed E-state index contributed by atoms with van der Waals surface area (Å²) in [5, 5.41) is -0.257. The number of thioether (sulfide) groups is 3. The molecule has 0 radical (unpaired) electrons. The Morgan fingerprint density at radius 1 is 1.37 bits per heavy atom. The van der Waals surface area contributed by atoms with E-state index in [1.165, 1.54) is 47.1 Å². The molecule has 2 aliphatic rings. The quantitative estimate of drug-likeness (QED) is 0.208. The minimum atomic E-state index is -0.712. The van der Waals surface area contributed by atoms with E-state index in [2.05, 4.69) is 4.99 Å². The molecule has 0 bridgehead atoms. The second-order valence-electron chi connectivity index (χ2n) is 6.90. The van der Waals surface area contributed by atoms with Crippen LogP contribution in [0.2, 0.25) is 0 Å². The molecular weight excluding hydrogens is 408 g/mol. The minimum absolute atomic E-state index is 0.176. The van der Waals surface area contributed by atoms with Gasteiger partial charge in [-0.05, 0) is 33.3 Å². The fourth-order valence-electron chi connectivity index (χ4n) is 2.66. The van der Waals surface area contributed by atoms with Crippen LogP contribution >= 0.6 is 35.3 Å². The average molecular weight is 433 g/mol. The van der Waals surface area contributed by atoms with Crippen LogP contribution in [0.3, 0.4) is 0 Å². The summed E-state index contributed by atoms with van der Waals surface area (Å²) in [5.41, 5.74) is 1.02. The van der Waals surface area contributed by atoms with Crippen molar-refractivity contribution in [3.63, 3.8) is 0 Å². The highest BCUT2D eigenvalue weighted by molar-refractivity contribution is 8.11. The molecule has 7 nitrogen and oxygen atoms in total. The average Bonchev–Trinajstić information content (AvgIpc) is 2.57. The predicted molar refractivity (Wildman–Crippen MR) is 111 cm³/mol. The molecule has 1 amide bonds. The van der Waals surface area contributed by atoms with E-state index >= 15 is 0 Å². The van der Waals surface area contributed by atoms with Crippen LogP contribution in [0.5, 0.6) is 0 Å². The number of β-lactam (4-membered cyclic amide) rings is 1. The lowest BCUT2D eigenvalue weighted by Gasteiger charge is -2.48. The Morgan fingerprint density at radius 3 is 2.56 bits per heavy atom. The Hall–Kier alpha value is -1.13. The zero-order valence-electron chi connectivity index (χ0n) is 16.2. The number of carbonyl (C=O) groups is 3. The molecule has 2 aliphatic heterocycles. The minimum Gasteiger partial charge on any atom is -0.455 e. The lowest BCUT2D eigenvalue weighted by Crippen LogP contribution is -2.64. The van der Waals surface area contributed by atoms with Gasteiger partial charge in [-0.1, -0.05) is 0 Å². The third-order valence-corrected chi connectivity index (χ3v) is 6.09. The molecule has 2 heterocycles. The molecule has 0 spiro atoms. The summed E-state index contributed by atoms with van der Waals surface area (Å²) in [7, 11) is 0. The van der Waals surface area contributed by atoms with Crippen LogP contribution in [0, 0.1) is 0 Å². The van der Waals surface area contributed by atoms with E-state index in [1.807, 2.05) is 6.26 Å². The Bertz CT molecular complexity index is 687. The van der Waals surface area contributed by atoms with Crippen molar-refractivity contribution in [3.05, 3.63) is 11.3 Å². The largest absolute Gasteiger partial charge is 0.455 e. The fourth-order valence-corrected chi connectivity index (χ4v) is 5.10. The van der Waals surface area contributed by atoms with Crippen LogP contribution < -0.4 is 0 Å². The summed E-state index contributed by atoms with van der Waals surface area (Å²) < 4.78 is 10.9. The van der Waals surface area contributed by atoms with Crippen LogP contribution in [0.25, 0.3) is 0 Å². The highest BCUT2D eigenvalue weighted by atomic mass is 32.2. The third kappa shape index (κ3) is 5.03. The molecule has 3 atom stereocenters. The highest BCUT2D eigenvalue weighted by Gasteiger charge is 2.55. The first-order valence-corrected chi connectivity index (χ1v) is 11.9. The number of hydrogen-bond acceptors (Lipinski definition) is 9. The van der Waals surface area contributed by atoms with E-state index < -0.39 is 29.0 Å². The van der Waals surface area contributed by atoms with Crippen molar-refractivity contribution in [2.75, 3.05) is 18.3 Å². The Kier molecular flexibility index (Phi) is 7.32. The fraction of sp³-hybridized carbons (Fsp3) is 0.647. The second-order valence-corrected chi connectivity index (χ2v) is 9.58. The number of carbonyl (C=O) groups excluding carboxylic acids is 3. The maximum atomic E-state index is 12.9. The van der Waals surface area contributed by atoms with Crippen LogP contribution in [0.15, 0.2) is 16.3 Å². The molecule has 1 fully saturated rings. The predicted octanol–water partition coefficient (Wildman–Crippen LogP) is 2.51. The second kappa shape index (κ2) is 8.91. The molecule has 150 valence electrons. The summed E-state index contributed by atoms with van der Waals surface area (Å²) in [4.78, 5) is 42.8. The van der Waals surface area contributed by atoms with Crippen LogP contribution in [0.1, 0.15) is 27.7 Å². The zero-order chi connectivity index (χ0) is 20.4. The molecule has 1 saturated heterocycles. The van der Waals surface area contributed by atoms with Crippen molar-refractivity contribution in [3.8, 4) is 0 Å². The molecule has 0 N–H and O–H groups in total. The first kappa shape index (κ1) is 22.2. The van der Waals surface area contributed by atoms with Crippen molar-refractivity contribution >= 4 is 58.7 Å². The van der Waals surface area contributed by atoms with Gasteiger partial charge in [-0.3, -0.25) is 19.5 Å². The van der Waals surface area contributed by atoms with E-state index in [0.29, 0.717) is 11.3 Å². The maximum Gasteiger partial charge on any atom is 0.355 e. The standard InChI is InChI=1S/C17H24N2O5S3/c1-9(20)23-16(26-6)10-7-27-14-11(18-8-25-5)13(21)19(14)12(10)15(22)24-17(2,3)4/h8,11,14,16H,7H2,1-6H3/t11-,14+,16?/m0/s1. The number of esters is 2. The van der Waals surface area contributed by atoms with Crippen molar-refractivity contribution < 1.29 is 23.9 Å². The topological polar surface area (TPSA) is 85.3 Å². The van der Waals surface area contributed by atoms with Gasteiger partial charge >= 0.3 is 11.9 Å². The lowest BCUT2D eigenvalue weighted by molar-refractivity contribution is -0.158. The highest BCUT2D eigenvalue weighted by Crippen LogP contribution is 2.44. The lowest BCUT2D eigenvalue weighted by atomic mass is 10.0. The molecule has 27 heavy (non-hydrogen) atoms. The normalized spacial score (nSPS) is 23.8. The van der Waals surface area contributed by atoms with Crippen molar-refractivity contribution in [2.45, 2.75) is 50.1 Å². The Labute approximate surface area is 172 Å². The third-order valence-electron chi connectivity index (χ3n) is 3.66. The number of fused-ring (bicyclic) bond motifs is 1. The van der Waals surface area contributed by atoms with E-state index in [0.717, 1.165) is 0 Å². The van der Waals surface area contributed by atoms with Gasteiger partial charge in [0.05, 0.1) is 5.55 Å². The molecule has 2 rings (SSSR count). The number of amides is 1. The number of rotatable bonds is 6. The molecular formula is C17H24N2O5S3. The van der Waals surface area contributed by atoms with Crippen LogP contribution in [-0.2, 0) is 23.9 Å². The van der Waals surface area contributed by atoms with Gasteiger partial charge in [-0.15, -0.1) is 35.3 Å². The Morgan fingerprint density at radius 2 is 2.04 bits per heavy atom. The van der Waals surface area contributed by atoms with E-state index in [9.17, 15) is 14.4 Å². The summed E-state index contributed by atoms with van der Waals surface area (Å²) in [6, 6.07) is -0.511. The van der Waals surface area contributed by atoms with Crippen LogP contribution in [-0.4, -0.2) is 69.0 Å². The van der Waals surface area contributed by atoms with E-state index in [4.69, 9.17) is 9.47 Å². The SMILES string of the molecule is CSC=N[C@H]1C(=O)N2C(C(=O)OC(C)(C)C)=C(C(OC(C)=O)SC)CS[C@H]12. The maximum absolute atomic E-state index is 12.9. The van der Waals surface area contributed by atoms with Gasteiger partial charge in [-0.2, -0.15) is 0 Å². The summed E-state index contributed by atoms with van der Waals surface area (Å²) in [6.45, 7) is 6.61. The first-order valence-electron chi connectivity index (χ1n) is 8.26. The number of nitrogens with zero attached hydrogens (tertiary/aromatic N) is 2. The van der Waals surface area contributed by atoms with Gasteiger partial charge in [0.15, 0.2) is 11.5 Å². The summed E-state index contributed by atoms with van der Waals surface area (Å²) in [6.07, 6.45) is 3.65. The van der Waals surface area contributed by atoms with E-state index in [1.54, 1.807) is 32.6 Å². The van der Waals surface area contributed by atoms with Gasteiger partial charge < -0.3 is 9.47 Å². The summed E-state index contributed by atoms with van der Waals surface area (Å²) in [5.74, 6) is -0.837. The van der Waals surface area contributed by atoms with Gasteiger partial charge in [-0.25, -0.2) is 4.79 Å². The first-order chi connectivity index (χ1) is 12.6. The van der Waals surface area contributed by atoms with Crippen molar-refractivity contribution in [2.24, 2.45) is 4.99 Å². The number of aliphatic imine (C=N–C) groups is 1. The van der Waals surface area contributed by atoms with Crippen molar-refractivity contribution in [1.29, 1.82) is 0 Å². The zero-order valence-corrected chi connectivity index (χ0v) is 18.6. The van der Waals surface area contributed by atoms with Crippen molar-refractivity contribution in [1.82, 2.24) is 4.90 Å². The van der Waals surface area contributed by atoms with E-state index in [-0.39, 0.29) is 17.0 Å². The molecule has 0 aliphatic carbocycles. The molecule has 0 aromatic heterocycles. The molecule has 10 heteroatoms. The van der Waals surface area contributed by atoms with Gasteiger partial charge in [0.2, 0.25) is 0 Å². The number of ether oxygens (including phenoxy) is 2. The monoisotopic (exact) mass is 432 g/mol. The molecule has 0 aromatic rings. The Balaban J connectivity index is 2.43. The molecule has 0 saturated carbocycles. The number of hydrogen-bond donors (Lipinski definition) is 0. The van der Waals surface area contributed by atoms with Crippen LogP contribution in [0.4, 0.5) is 0 Å². The molecule has 0 aromatic carbocycles. The smallest absolute Gasteiger partial charge is 0.355 e. The van der Waals surface area contributed by atoms with Gasteiger partial charge in [0, 0.05) is 18.2 Å². The van der Waals surface area contributed by atoms with Gasteiger partial charge in [0.25, 0.3) is 5.91 Å². The van der Waals surface area contributed by atoms with Gasteiger partial charge in [0.1, 0.15) is 16.7 Å². The molecule has 1 unspecified atom stereocenters. The summed E-state index contributed by atoms with van der Waals surface area (Å²) >= 11 is 4.21.